The predicted molar refractivity (Wildman–Crippen MR) is 99.7 cm³/mol. The molecule has 4 aromatic rings. The molecule has 0 N–H and O–H groups in total. The van der Waals surface area contributed by atoms with E-state index in [9.17, 15) is 0 Å². The lowest BCUT2D eigenvalue weighted by atomic mass is 10.1. The van der Waals surface area contributed by atoms with Gasteiger partial charge < -0.3 is 0 Å². The summed E-state index contributed by atoms with van der Waals surface area (Å²) >= 11 is 3.10. The summed E-state index contributed by atoms with van der Waals surface area (Å²) in [5, 5.41) is 15.0. The average molecular weight is 365 g/mol. The fraction of sp³-hybridized carbons (Fsp3) is 0.111. The van der Waals surface area contributed by atoms with Gasteiger partial charge in [0.15, 0.2) is 4.34 Å². The first-order valence-electron chi connectivity index (χ1n) is 7.83. The Hall–Kier alpha value is -2.51. The third-order valence-electron chi connectivity index (χ3n) is 3.84. The van der Waals surface area contributed by atoms with Crippen molar-refractivity contribution in [2.75, 3.05) is 0 Å². The van der Waals surface area contributed by atoms with Gasteiger partial charge in [-0.25, -0.2) is 9.67 Å². The molecule has 2 aromatic heterocycles. The Labute approximate surface area is 153 Å². The summed E-state index contributed by atoms with van der Waals surface area (Å²) in [6.45, 7) is 2.09. The van der Waals surface area contributed by atoms with Crippen LogP contribution in [-0.4, -0.2) is 25.2 Å². The van der Waals surface area contributed by atoms with Gasteiger partial charge in [0, 0.05) is 10.9 Å². The van der Waals surface area contributed by atoms with Crippen molar-refractivity contribution in [3.05, 3.63) is 71.6 Å². The third kappa shape index (κ3) is 3.47. The monoisotopic (exact) mass is 365 g/mol. The molecule has 0 saturated carbocycles. The SMILES string of the molecule is CC(c1ccccc1)n1nnnc1Sc1nc(-c2ccccc2)cs1. The summed E-state index contributed by atoms with van der Waals surface area (Å²) in [5.74, 6) is 0. The topological polar surface area (TPSA) is 56.5 Å². The number of nitrogens with zero attached hydrogens (tertiary/aromatic N) is 5. The van der Waals surface area contributed by atoms with Crippen LogP contribution in [0.5, 0.6) is 0 Å². The first-order valence-corrected chi connectivity index (χ1v) is 9.52. The second kappa shape index (κ2) is 7.16. The van der Waals surface area contributed by atoms with Crippen LogP contribution in [0.4, 0.5) is 0 Å². The minimum Gasteiger partial charge on any atom is -0.229 e. The van der Waals surface area contributed by atoms with Gasteiger partial charge >= 0.3 is 0 Å². The Kier molecular flexibility index (Phi) is 4.58. The zero-order valence-corrected chi connectivity index (χ0v) is 15.1. The van der Waals surface area contributed by atoms with Gasteiger partial charge in [-0.05, 0) is 34.7 Å². The molecule has 1 atom stereocenters. The summed E-state index contributed by atoms with van der Waals surface area (Å²) in [4.78, 5) is 4.70. The van der Waals surface area contributed by atoms with E-state index in [1.165, 1.54) is 17.3 Å². The number of tetrazole rings is 1. The van der Waals surface area contributed by atoms with Crippen molar-refractivity contribution in [2.45, 2.75) is 22.5 Å². The van der Waals surface area contributed by atoms with Crippen molar-refractivity contribution in [1.82, 2.24) is 25.2 Å². The highest BCUT2D eigenvalue weighted by Crippen LogP contribution is 2.33. The van der Waals surface area contributed by atoms with Gasteiger partial charge in [0.25, 0.3) is 0 Å². The van der Waals surface area contributed by atoms with E-state index in [0.717, 1.165) is 20.8 Å². The number of thiazole rings is 1. The van der Waals surface area contributed by atoms with Crippen LogP contribution in [-0.2, 0) is 0 Å². The Morgan fingerprint density at radius 2 is 1.72 bits per heavy atom. The summed E-state index contributed by atoms with van der Waals surface area (Å²) < 4.78 is 2.76. The molecule has 25 heavy (non-hydrogen) atoms. The molecule has 0 fully saturated rings. The van der Waals surface area contributed by atoms with Crippen LogP contribution in [0.3, 0.4) is 0 Å². The molecular weight excluding hydrogens is 350 g/mol. The first-order chi connectivity index (χ1) is 12.3. The zero-order chi connectivity index (χ0) is 17.1. The van der Waals surface area contributed by atoms with Crippen LogP contribution in [0.1, 0.15) is 18.5 Å². The first kappa shape index (κ1) is 16.0. The van der Waals surface area contributed by atoms with Crippen LogP contribution >= 0.6 is 23.1 Å². The third-order valence-corrected chi connectivity index (χ3v) is 5.73. The van der Waals surface area contributed by atoms with Crippen molar-refractivity contribution in [3.8, 4) is 11.3 Å². The predicted octanol–water partition coefficient (Wildman–Crippen LogP) is 4.56. The van der Waals surface area contributed by atoms with Crippen LogP contribution in [0.15, 0.2) is 75.5 Å². The smallest absolute Gasteiger partial charge is 0.216 e. The van der Waals surface area contributed by atoms with Crippen molar-refractivity contribution < 1.29 is 0 Å². The molecule has 0 spiro atoms. The van der Waals surface area contributed by atoms with E-state index in [4.69, 9.17) is 4.98 Å². The van der Waals surface area contributed by atoms with E-state index in [0.29, 0.717) is 0 Å². The number of hydrogen-bond acceptors (Lipinski definition) is 6. The van der Waals surface area contributed by atoms with Gasteiger partial charge in [-0.3, -0.25) is 0 Å². The maximum absolute atomic E-state index is 4.70. The lowest BCUT2D eigenvalue weighted by molar-refractivity contribution is 0.504. The molecule has 7 heteroatoms. The fourth-order valence-corrected chi connectivity index (χ4v) is 4.27. The minimum absolute atomic E-state index is 0.0623. The van der Waals surface area contributed by atoms with Gasteiger partial charge in [-0.2, -0.15) is 0 Å². The molecule has 2 aromatic carbocycles. The van der Waals surface area contributed by atoms with E-state index in [1.54, 1.807) is 11.3 Å². The Balaban J connectivity index is 1.57. The number of benzene rings is 2. The molecule has 0 amide bonds. The van der Waals surface area contributed by atoms with E-state index in [-0.39, 0.29) is 6.04 Å². The Morgan fingerprint density at radius 3 is 2.48 bits per heavy atom. The van der Waals surface area contributed by atoms with E-state index >= 15 is 0 Å². The summed E-state index contributed by atoms with van der Waals surface area (Å²) in [6, 6.07) is 20.4. The van der Waals surface area contributed by atoms with Gasteiger partial charge in [-0.15, -0.1) is 16.4 Å². The number of aromatic nitrogens is 5. The molecule has 0 aliphatic carbocycles. The highest BCUT2D eigenvalue weighted by atomic mass is 32.2. The lowest BCUT2D eigenvalue weighted by Crippen LogP contribution is -2.09. The lowest BCUT2D eigenvalue weighted by Gasteiger charge is -2.12. The van der Waals surface area contributed by atoms with Gasteiger partial charge in [0.1, 0.15) is 0 Å². The second-order valence-electron chi connectivity index (χ2n) is 5.46. The van der Waals surface area contributed by atoms with Crippen LogP contribution in [0.25, 0.3) is 11.3 Å². The normalized spacial score (nSPS) is 12.2. The Morgan fingerprint density at radius 1 is 1.00 bits per heavy atom. The molecule has 1 unspecified atom stereocenters. The summed E-state index contributed by atoms with van der Waals surface area (Å²) in [5.41, 5.74) is 3.26. The van der Waals surface area contributed by atoms with E-state index in [1.807, 2.05) is 41.1 Å². The minimum atomic E-state index is 0.0623. The fourth-order valence-electron chi connectivity index (χ4n) is 2.49. The van der Waals surface area contributed by atoms with Crippen molar-refractivity contribution in [2.24, 2.45) is 0 Å². The molecule has 0 radical (unpaired) electrons. The largest absolute Gasteiger partial charge is 0.229 e. The number of rotatable bonds is 5. The number of hydrogen-bond donors (Lipinski definition) is 0. The molecule has 124 valence electrons. The van der Waals surface area contributed by atoms with Crippen LogP contribution in [0, 0.1) is 0 Å². The highest BCUT2D eigenvalue weighted by Gasteiger charge is 2.17. The molecule has 0 aliphatic heterocycles. The van der Waals surface area contributed by atoms with Crippen molar-refractivity contribution in [1.29, 1.82) is 0 Å². The molecule has 0 saturated heterocycles. The summed E-state index contributed by atoms with van der Waals surface area (Å²) in [7, 11) is 0. The van der Waals surface area contributed by atoms with Crippen molar-refractivity contribution >= 4 is 23.1 Å². The maximum atomic E-state index is 4.70. The Bertz CT molecular complexity index is 950. The average Bonchev–Trinajstić information content (AvgIpc) is 3.33. The molecule has 0 aliphatic rings. The van der Waals surface area contributed by atoms with Gasteiger partial charge in [-0.1, -0.05) is 60.7 Å². The molecular formula is C18H15N5S2. The summed E-state index contributed by atoms with van der Waals surface area (Å²) in [6.07, 6.45) is 0. The second-order valence-corrected chi connectivity index (χ2v) is 7.53. The van der Waals surface area contributed by atoms with Gasteiger partial charge in [0.05, 0.1) is 11.7 Å². The van der Waals surface area contributed by atoms with Crippen molar-refractivity contribution in [3.63, 3.8) is 0 Å². The molecule has 0 bridgehead atoms. The standard InChI is InChI=1S/C18H15N5S2/c1-13(14-8-4-2-5-9-14)23-17(20-21-22-23)25-18-19-16(12-24-18)15-10-6-3-7-11-15/h2-13H,1H3. The molecule has 5 nitrogen and oxygen atoms in total. The zero-order valence-electron chi connectivity index (χ0n) is 13.5. The van der Waals surface area contributed by atoms with Gasteiger partial charge in [0.2, 0.25) is 5.16 Å². The van der Waals surface area contributed by atoms with E-state index < -0.39 is 0 Å². The molecule has 2 heterocycles. The highest BCUT2D eigenvalue weighted by molar-refractivity contribution is 8.00. The van der Waals surface area contributed by atoms with Crippen LogP contribution < -0.4 is 0 Å². The van der Waals surface area contributed by atoms with Crippen LogP contribution in [0.2, 0.25) is 0 Å². The quantitative estimate of drug-likeness (QED) is 0.519. The molecule has 4 rings (SSSR count). The maximum Gasteiger partial charge on any atom is 0.216 e. The van der Waals surface area contributed by atoms with E-state index in [2.05, 4.69) is 52.1 Å².